The molecule has 0 aliphatic heterocycles. The van der Waals surface area contributed by atoms with Crippen molar-refractivity contribution in [3.8, 4) is 0 Å². The number of hydrogen-bond acceptors (Lipinski definition) is 5. The monoisotopic (exact) mass is 222 g/mol. The smallest absolute Gasteiger partial charge is 0.351 e. The molecule has 0 aliphatic rings. The van der Waals surface area contributed by atoms with Crippen LogP contribution in [0.1, 0.15) is 13.8 Å². The largest absolute Gasteiger partial charge is 0.399 e. The van der Waals surface area contributed by atoms with Gasteiger partial charge in [-0.3, -0.25) is 0 Å². The van der Waals surface area contributed by atoms with E-state index >= 15 is 0 Å². The summed E-state index contributed by atoms with van der Waals surface area (Å²) in [5.41, 5.74) is 0. The fourth-order valence-electron chi connectivity index (χ4n) is 0.538. The molecule has 0 fully saturated rings. The number of rotatable bonds is 4. The van der Waals surface area contributed by atoms with E-state index in [0.29, 0.717) is 0 Å². The molecule has 0 saturated heterocycles. The van der Waals surface area contributed by atoms with Crippen molar-refractivity contribution in [2.45, 2.75) is 13.8 Å². The summed E-state index contributed by atoms with van der Waals surface area (Å²) in [5, 5.41) is 0. The Hall–Kier alpha value is -0.920. The fraction of sp³-hybridized carbons (Fsp3) is 0.571. The van der Waals surface area contributed by atoms with Crippen LogP contribution in [0.2, 0.25) is 0 Å². The molecule has 82 valence electrons. The maximum Gasteiger partial charge on any atom is 0.399 e. The van der Waals surface area contributed by atoms with E-state index in [1.165, 1.54) is 0 Å². The van der Waals surface area contributed by atoms with Crippen LogP contribution in [0.4, 0.5) is 0 Å². The highest BCUT2D eigenvalue weighted by Gasteiger charge is 2.06. The Bertz CT molecular complexity index is 266. The quantitative estimate of drug-likeness (QED) is 0.811. The van der Waals surface area contributed by atoms with Gasteiger partial charge in [0.25, 0.3) is 0 Å². The van der Waals surface area contributed by atoms with Crippen molar-refractivity contribution in [2.75, 3.05) is 13.2 Å². The van der Waals surface area contributed by atoms with E-state index in [9.17, 15) is 8.42 Å². The van der Waals surface area contributed by atoms with Gasteiger partial charge in [-0.1, -0.05) is 0 Å². The van der Waals surface area contributed by atoms with Crippen molar-refractivity contribution >= 4 is 10.4 Å². The molecule has 7 heteroatoms. The van der Waals surface area contributed by atoms with E-state index in [2.05, 4.69) is 18.3 Å². The maximum absolute atomic E-state index is 10.4. The zero-order chi connectivity index (χ0) is 10.9. The van der Waals surface area contributed by atoms with Gasteiger partial charge in [-0.05, 0) is 13.8 Å². The van der Waals surface area contributed by atoms with Crippen LogP contribution in [0.5, 0.6) is 0 Å². The SMILES string of the molecule is CCOS(=O)(=O)OCC.c1c[nH]cn1. The average molecular weight is 222 g/mol. The minimum atomic E-state index is -3.68. The van der Waals surface area contributed by atoms with E-state index in [-0.39, 0.29) is 13.2 Å². The molecule has 1 aromatic heterocycles. The summed E-state index contributed by atoms with van der Waals surface area (Å²) in [6.07, 6.45) is 5.08. The van der Waals surface area contributed by atoms with Gasteiger partial charge in [0.15, 0.2) is 0 Å². The molecule has 0 amide bonds. The second-order valence-electron chi connectivity index (χ2n) is 1.98. The number of nitrogens with zero attached hydrogens (tertiary/aromatic N) is 1. The second kappa shape index (κ2) is 7.48. The van der Waals surface area contributed by atoms with Crippen molar-refractivity contribution in [2.24, 2.45) is 0 Å². The molecule has 1 N–H and O–H groups in total. The van der Waals surface area contributed by atoms with Gasteiger partial charge in [-0.15, -0.1) is 0 Å². The Kier molecular flexibility index (Phi) is 6.99. The normalized spacial score (nSPS) is 10.4. The molecule has 0 atom stereocenters. The summed E-state index contributed by atoms with van der Waals surface area (Å²) in [7, 11) is -3.68. The average Bonchev–Trinajstić information content (AvgIpc) is 2.59. The van der Waals surface area contributed by atoms with Crippen molar-refractivity contribution in [3.63, 3.8) is 0 Å². The summed E-state index contributed by atoms with van der Waals surface area (Å²) in [4.78, 5) is 6.42. The standard InChI is InChI=1S/C4H10O4S.C3H4N2/c1-3-7-9(5,6)8-4-2;1-2-5-3-4-1/h3-4H2,1-2H3;1-3H,(H,4,5). The number of aromatic nitrogens is 2. The first kappa shape index (κ1) is 13.1. The van der Waals surface area contributed by atoms with Crippen LogP contribution in [-0.4, -0.2) is 31.6 Å². The number of nitrogens with one attached hydrogen (secondary N) is 1. The molecule has 0 bridgehead atoms. The first-order valence-corrected chi connectivity index (χ1v) is 5.42. The lowest BCUT2D eigenvalue weighted by Gasteiger charge is -1.99. The van der Waals surface area contributed by atoms with Crippen molar-refractivity contribution in [1.82, 2.24) is 9.97 Å². The van der Waals surface area contributed by atoms with Crippen molar-refractivity contribution in [3.05, 3.63) is 18.7 Å². The molecule has 0 radical (unpaired) electrons. The Morgan fingerprint density at radius 3 is 2.07 bits per heavy atom. The molecule has 1 aromatic rings. The molecule has 0 spiro atoms. The van der Waals surface area contributed by atoms with E-state index in [1.54, 1.807) is 32.6 Å². The van der Waals surface area contributed by atoms with Crippen LogP contribution >= 0.6 is 0 Å². The molecular formula is C7H14N2O4S. The third kappa shape index (κ3) is 7.71. The molecule has 14 heavy (non-hydrogen) atoms. The van der Waals surface area contributed by atoms with E-state index < -0.39 is 10.4 Å². The van der Waals surface area contributed by atoms with Gasteiger partial charge in [0.2, 0.25) is 0 Å². The number of H-pyrrole nitrogens is 1. The van der Waals surface area contributed by atoms with Gasteiger partial charge in [-0.25, -0.2) is 13.4 Å². The van der Waals surface area contributed by atoms with Crippen molar-refractivity contribution < 1.29 is 16.8 Å². The van der Waals surface area contributed by atoms with E-state index in [0.717, 1.165) is 0 Å². The Morgan fingerprint density at radius 1 is 1.29 bits per heavy atom. The maximum atomic E-state index is 10.4. The third-order valence-electron chi connectivity index (χ3n) is 0.930. The Labute approximate surface area is 83.6 Å². The Morgan fingerprint density at radius 2 is 1.86 bits per heavy atom. The lowest BCUT2D eigenvalue weighted by Crippen LogP contribution is -2.09. The number of imidazole rings is 1. The van der Waals surface area contributed by atoms with Crippen LogP contribution in [0.25, 0.3) is 0 Å². The number of aromatic amines is 1. The highest BCUT2D eigenvalue weighted by Crippen LogP contribution is 1.93. The molecule has 0 saturated carbocycles. The van der Waals surface area contributed by atoms with Crippen LogP contribution in [0.15, 0.2) is 18.7 Å². The van der Waals surface area contributed by atoms with Gasteiger partial charge >= 0.3 is 10.4 Å². The number of hydrogen-bond donors (Lipinski definition) is 1. The summed E-state index contributed by atoms with van der Waals surface area (Å²) in [6, 6.07) is 0. The highest BCUT2D eigenvalue weighted by molar-refractivity contribution is 7.81. The molecule has 0 unspecified atom stereocenters. The molecule has 1 rings (SSSR count). The van der Waals surface area contributed by atoms with Gasteiger partial charge in [-0.2, -0.15) is 8.42 Å². The summed E-state index contributed by atoms with van der Waals surface area (Å²) in [6.45, 7) is 3.39. The second-order valence-corrected chi connectivity index (χ2v) is 3.27. The third-order valence-corrected chi connectivity index (χ3v) is 1.98. The molecule has 0 aromatic carbocycles. The van der Waals surface area contributed by atoms with Crippen LogP contribution in [-0.2, 0) is 18.8 Å². The van der Waals surface area contributed by atoms with Gasteiger partial charge < -0.3 is 4.98 Å². The zero-order valence-electron chi connectivity index (χ0n) is 8.13. The highest BCUT2D eigenvalue weighted by atomic mass is 32.3. The summed E-state index contributed by atoms with van der Waals surface area (Å²) < 4.78 is 29.2. The van der Waals surface area contributed by atoms with E-state index in [4.69, 9.17) is 0 Å². The first-order chi connectivity index (χ1) is 6.62. The summed E-state index contributed by atoms with van der Waals surface area (Å²) in [5.74, 6) is 0. The molecule has 0 aliphatic carbocycles. The van der Waals surface area contributed by atoms with Gasteiger partial charge in [0.05, 0.1) is 19.5 Å². The predicted octanol–water partition coefficient (Wildman–Crippen LogP) is 0.714. The zero-order valence-corrected chi connectivity index (χ0v) is 8.95. The minimum Gasteiger partial charge on any atom is -0.351 e. The van der Waals surface area contributed by atoms with Crippen LogP contribution in [0, 0.1) is 0 Å². The lowest BCUT2D eigenvalue weighted by atomic mass is 10.9. The van der Waals surface area contributed by atoms with Gasteiger partial charge in [0.1, 0.15) is 0 Å². The van der Waals surface area contributed by atoms with Gasteiger partial charge in [0, 0.05) is 12.4 Å². The fourth-order valence-corrected chi connectivity index (χ4v) is 1.18. The molecule has 6 nitrogen and oxygen atoms in total. The van der Waals surface area contributed by atoms with Crippen LogP contribution in [0.3, 0.4) is 0 Å². The Balaban J connectivity index is 0.000000280. The lowest BCUT2D eigenvalue weighted by molar-refractivity contribution is 0.231. The predicted molar refractivity (Wildman–Crippen MR) is 50.8 cm³/mol. The van der Waals surface area contributed by atoms with E-state index in [1.807, 2.05) is 0 Å². The molecular weight excluding hydrogens is 208 g/mol. The van der Waals surface area contributed by atoms with Crippen LogP contribution < -0.4 is 0 Å². The van der Waals surface area contributed by atoms with Crippen molar-refractivity contribution in [1.29, 1.82) is 0 Å². The topological polar surface area (TPSA) is 81.3 Å². The molecule has 1 heterocycles. The minimum absolute atomic E-state index is 0.113. The summed E-state index contributed by atoms with van der Waals surface area (Å²) >= 11 is 0. The first-order valence-electron chi connectivity index (χ1n) is 4.09.